The number of aromatic amines is 1. The second-order valence-electron chi connectivity index (χ2n) is 22.0. The Labute approximate surface area is 545 Å². The van der Waals surface area contributed by atoms with E-state index in [0.717, 1.165) is 166 Å². The van der Waals surface area contributed by atoms with E-state index in [2.05, 4.69) is 97.9 Å². The van der Waals surface area contributed by atoms with Crippen LogP contribution >= 0.6 is 43.5 Å². The van der Waals surface area contributed by atoms with Crippen LogP contribution in [0.3, 0.4) is 0 Å². The number of oxazole rings is 2. The van der Waals surface area contributed by atoms with Crippen molar-refractivity contribution in [1.29, 1.82) is 0 Å². The first kappa shape index (κ1) is 64.2. The van der Waals surface area contributed by atoms with Gasteiger partial charge in [0, 0.05) is 48.2 Å². The molecule has 27 heteroatoms. The van der Waals surface area contributed by atoms with E-state index >= 15 is 0 Å². The van der Waals surface area contributed by atoms with Crippen molar-refractivity contribution in [2.45, 2.75) is 38.9 Å². The molecule has 16 rings (SSSR count). The predicted octanol–water partition coefficient (Wildman–Crippen LogP) is 10.4. The number of anilines is 4. The van der Waals surface area contributed by atoms with E-state index in [1.165, 1.54) is 12.4 Å². The van der Waals surface area contributed by atoms with Crippen molar-refractivity contribution < 1.29 is 32.4 Å². The Morgan fingerprint density at radius 1 is 0.505 bits per heavy atom. The van der Waals surface area contributed by atoms with E-state index in [4.69, 9.17) is 60.4 Å². The quantitative estimate of drug-likeness (QED) is 0.119. The second-order valence-corrected chi connectivity index (χ2v) is 24.3. The van der Waals surface area contributed by atoms with E-state index in [1.54, 1.807) is 0 Å². The van der Waals surface area contributed by atoms with Crippen LogP contribution in [0.1, 0.15) is 27.7 Å². The lowest BCUT2D eigenvalue weighted by molar-refractivity contribution is 0.00578. The number of nitrogens with zero attached hydrogens (tertiary/aromatic N) is 11. The van der Waals surface area contributed by atoms with E-state index in [-0.39, 0.29) is 28.8 Å². The topological polar surface area (TPSA) is 292 Å². The maximum Gasteiger partial charge on any atom is 0.494 e. The minimum absolute atomic E-state index is 0.163. The minimum Gasteiger partial charge on any atom is -0.424 e. The smallest absolute Gasteiger partial charge is 0.424 e. The van der Waals surface area contributed by atoms with Gasteiger partial charge in [0.1, 0.15) is 27.8 Å². The molecule has 4 fully saturated rings. The number of hydrogen-bond acceptors (Lipinski definition) is 22. The maximum atomic E-state index is 10.8. The molecule has 0 aliphatic carbocycles. The van der Waals surface area contributed by atoms with Gasteiger partial charge in [0.2, 0.25) is 0 Å². The number of morpholine rings is 3. The molecule has 23 nitrogen and oxygen atoms in total. The van der Waals surface area contributed by atoms with Crippen molar-refractivity contribution in [3.63, 3.8) is 0 Å². The molecule has 0 spiro atoms. The fourth-order valence-corrected chi connectivity index (χ4v) is 10.6. The molecule has 91 heavy (non-hydrogen) atoms. The molecular formula is C64H65BBr2ClN15O8. The molecule has 4 aliphatic heterocycles. The average Bonchev–Trinajstić information content (AvgIpc) is 1.88. The Kier molecular flexibility index (Phi) is 20.7. The molecule has 468 valence electrons. The third kappa shape index (κ3) is 16.6. The first-order valence-corrected chi connectivity index (χ1v) is 31.3. The summed E-state index contributed by atoms with van der Waals surface area (Å²) in [4.78, 5) is 56.7. The summed E-state index contributed by atoms with van der Waals surface area (Å²) in [5.41, 5.74) is 22.9. The summed E-state index contributed by atoms with van der Waals surface area (Å²) in [7, 11) is -0.396. The summed E-state index contributed by atoms with van der Waals surface area (Å²) in [6.07, 6.45) is 6.49. The number of rotatable bonds is 4. The molecule has 4 aliphatic rings. The third-order valence-corrected chi connectivity index (χ3v) is 16.4. The number of para-hydroxylation sites is 2. The Morgan fingerprint density at radius 3 is 1.54 bits per heavy atom. The molecule has 0 radical (unpaired) electrons. The van der Waals surface area contributed by atoms with Gasteiger partial charge in [0.05, 0.1) is 120 Å². The summed E-state index contributed by atoms with van der Waals surface area (Å²) < 4.78 is 40.3. The molecule has 0 unspecified atom stereocenters. The van der Waals surface area contributed by atoms with Crippen molar-refractivity contribution in [1.82, 2.24) is 55.2 Å². The van der Waals surface area contributed by atoms with Crippen molar-refractivity contribution in [3.05, 3.63) is 165 Å². The number of nitrogen functional groups attached to an aromatic ring is 2. The largest absolute Gasteiger partial charge is 0.494 e. The third-order valence-electron chi connectivity index (χ3n) is 15.2. The van der Waals surface area contributed by atoms with Crippen LogP contribution in [-0.2, 0) is 23.5 Å². The number of aromatic nitrogens is 10. The van der Waals surface area contributed by atoms with E-state index in [1.807, 2.05) is 149 Å². The van der Waals surface area contributed by atoms with Crippen LogP contribution in [-0.4, -0.2) is 147 Å². The zero-order valence-corrected chi connectivity index (χ0v) is 54.2. The molecule has 0 bridgehead atoms. The summed E-state index contributed by atoms with van der Waals surface area (Å²) in [6.45, 7) is 18.4. The molecule has 6 aromatic carbocycles. The van der Waals surface area contributed by atoms with Crippen LogP contribution in [0.2, 0.25) is 5.15 Å². The van der Waals surface area contributed by atoms with Crippen molar-refractivity contribution in [2.75, 3.05) is 100 Å². The Bertz CT molecular complexity index is 4470. The Balaban J connectivity index is 0.000000117. The van der Waals surface area contributed by atoms with Gasteiger partial charge in [-0.15, -0.1) is 0 Å². The lowest BCUT2D eigenvalue weighted by Gasteiger charge is -2.32. The van der Waals surface area contributed by atoms with E-state index in [9.17, 15) is 4.79 Å². The first-order valence-electron chi connectivity index (χ1n) is 29.3. The molecule has 12 aromatic rings. The van der Waals surface area contributed by atoms with Crippen molar-refractivity contribution in [3.8, 4) is 11.1 Å². The Hall–Kier alpha value is -8.31. The molecule has 4 saturated heterocycles. The SMILES string of the molecule is Brc1ccc2ncc(N3CCOCC3)nc2c1.C1COCCN1.CC1(C)OB(c2ccc3oc(N)nc3c2)OC1(C)C.Clc1cnc2ccc(Br)cc2n1.Nc1nc2cc(-c3ccc4ncc(N5CCOCC5)nc4c3)ccc2o1.O=c1cnc2ccccc2[nH]1. The normalized spacial score (nSPS) is 16.0. The second kappa shape index (κ2) is 29.3. The van der Waals surface area contributed by atoms with Crippen LogP contribution in [0.5, 0.6) is 0 Å². The molecule has 0 atom stereocenters. The summed E-state index contributed by atoms with van der Waals surface area (Å²) in [5, 5.41) is 3.58. The van der Waals surface area contributed by atoms with Crippen LogP contribution in [0.25, 0.3) is 77.5 Å². The van der Waals surface area contributed by atoms with Gasteiger partial charge in [-0.3, -0.25) is 19.7 Å². The lowest BCUT2D eigenvalue weighted by Crippen LogP contribution is -2.41. The highest BCUT2D eigenvalue weighted by atomic mass is 79.9. The van der Waals surface area contributed by atoms with Crippen molar-refractivity contribution in [2.24, 2.45) is 0 Å². The number of H-pyrrole nitrogens is 1. The lowest BCUT2D eigenvalue weighted by atomic mass is 9.79. The first-order chi connectivity index (χ1) is 44.0. The van der Waals surface area contributed by atoms with Crippen LogP contribution < -0.4 is 37.6 Å². The van der Waals surface area contributed by atoms with Crippen LogP contribution in [0.15, 0.2) is 163 Å². The standard InChI is InChI=1S/C19H17N5O2.C13H17BN2O3.C12H12BrN3O.C8H4BrClN2.C8H6N2O.C4H9NO/c20-19-23-16-10-13(2-4-17(16)26-19)12-1-3-14-15(9-12)22-18(11-21-14)24-5-7-25-8-6-24;1-12(2)13(3,4)19-14(18-12)8-5-6-10-9(7-8)16-11(15)17-10;13-9-1-2-10-11(7-9)15-12(8-14-10)16-3-5-17-6-4-16;9-5-1-2-6-7(3-5)12-8(10)4-11-6;11-8-5-9-6-3-1-2-4-7(6)10-8;1-3-6-4-2-5-1/h1-4,9-11H,5-8H2,(H2,20,23);5-7H,1-4H3,(H2,15,16);1-2,7-8H,3-6H2;1-4H;1-5H,(H,10,11);5H,1-4H2. The Morgan fingerprint density at radius 2 is 0.978 bits per heavy atom. The highest BCUT2D eigenvalue weighted by Crippen LogP contribution is 2.37. The highest BCUT2D eigenvalue weighted by molar-refractivity contribution is 9.10. The van der Waals surface area contributed by atoms with Crippen LogP contribution in [0, 0.1) is 0 Å². The van der Waals surface area contributed by atoms with Gasteiger partial charge in [-0.1, -0.05) is 73.8 Å². The number of benzene rings is 6. The summed E-state index contributed by atoms with van der Waals surface area (Å²) >= 11 is 12.5. The molecule has 0 saturated carbocycles. The number of ether oxygens (including phenoxy) is 3. The highest BCUT2D eigenvalue weighted by Gasteiger charge is 2.51. The van der Waals surface area contributed by atoms with Gasteiger partial charge in [0.25, 0.3) is 17.6 Å². The molecule has 6 aromatic heterocycles. The maximum absolute atomic E-state index is 10.8. The van der Waals surface area contributed by atoms with Gasteiger partial charge in [-0.25, -0.2) is 19.9 Å². The number of hydrogen-bond donors (Lipinski definition) is 4. The molecular weight excluding hydrogens is 1310 g/mol. The number of nitrogens with one attached hydrogen (secondary N) is 2. The predicted molar refractivity (Wildman–Crippen MR) is 363 cm³/mol. The number of nitrogens with two attached hydrogens (primary N) is 2. The molecule has 0 amide bonds. The zero-order chi connectivity index (χ0) is 63.5. The van der Waals surface area contributed by atoms with Gasteiger partial charge < -0.3 is 63.9 Å². The van der Waals surface area contributed by atoms with E-state index in [0.29, 0.717) is 21.8 Å². The number of halogens is 3. The van der Waals surface area contributed by atoms with Gasteiger partial charge in [-0.2, -0.15) is 9.97 Å². The minimum atomic E-state index is -0.396. The van der Waals surface area contributed by atoms with Crippen molar-refractivity contribution >= 4 is 146 Å². The molecule has 10 heterocycles. The van der Waals surface area contributed by atoms with Gasteiger partial charge >= 0.3 is 7.12 Å². The fraction of sp³-hybridized carbons (Fsp3) is 0.281. The van der Waals surface area contributed by atoms with E-state index < -0.39 is 7.12 Å². The zero-order valence-electron chi connectivity index (χ0n) is 50.3. The summed E-state index contributed by atoms with van der Waals surface area (Å²) in [5.74, 6) is 1.82. The van der Waals surface area contributed by atoms with Crippen LogP contribution in [0.4, 0.5) is 23.7 Å². The fourth-order valence-electron chi connectivity index (χ4n) is 9.72. The monoisotopic (exact) mass is 1380 g/mol. The van der Waals surface area contributed by atoms with Gasteiger partial charge in [0.15, 0.2) is 11.2 Å². The average molecular weight is 1380 g/mol. The number of fused-ring (bicyclic) bond motifs is 6. The van der Waals surface area contributed by atoms with Gasteiger partial charge in [-0.05, 0) is 129 Å². The summed E-state index contributed by atoms with van der Waals surface area (Å²) in [6, 6.07) is 37.0. The molecule has 6 N–H and O–H groups in total.